The summed E-state index contributed by atoms with van der Waals surface area (Å²) in [6, 6.07) is 0. The summed E-state index contributed by atoms with van der Waals surface area (Å²) in [5.74, 6) is 0.232. The van der Waals surface area contributed by atoms with Crippen LogP contribution in [0.4, 0.5) is 5.82 Å². The lowest BCUT2D eigenvalue weighted by Crippen LogP contribution is -2.13. The van der Waals surface area contributed by atoms with Crippen molar-refractivity contribution in [2.24, 2.45) is 0 Å². The van der Waals surface area contributed by atoms with E-state index in [-0.39, 0.29) is 5.91 Å². The first-order chi connectivity index (χ1) is 5.18. The lowest BCUT2D eigenvalue weighted by molar-refractivity contribution is -0.114. The molecule has 0 aliphatic carbocycles. The molecule has 1 aromatic rings. The number of aromatic nitrogens is 2. The minimum Gasteiger partial charge on any atom is -0.310 e. The topological polar surface area (TPSA) is 54.9 Å². The highest BCUT2D eigenvalue weighted by Crippen LogP contribution is 1.94. The largest absolute Gasteiger partial charge is 0.310 e. The molecule has 0 aliphatic heterocycles. The fourth-order valence-corrected chi connectivity index (χ4v) is 0.583. The van der Waals surface area contributed by atoms with E-state index in [4.69, 9.17) is 7.85 Å². The van der Waals surface area contributed by atoms with Gasteiger partial charge in [-0.1, -0.05) is 0 Å². The molecule has 0 aliphatic rings. The van der Waals surface area contributed by atoms with E-state index in [0.717, 1.165) is 0 Å². The van der Waals surface area contributed by atoms with Crippen LogP contribution in [0, 0.1) is 0 Å². The summed E-state index contributed by atoms with van der Waals surface area (Å²) in [5.41, 5.74) is 0.333. The van der Waals surface area contributed by atoms with E-state index in [1.165, 1.54) is 19.3 Å². The van der Waals surface area contributed by atoms with Crippen molar-refractivity contribution in [1.82, 2.24) is 9.97 Å². The van der Waals surface area contributed by atoms with Gasteiger partial charge in [-0.05, 0) is 0 Å². The van der Waals surface area contributed by atoms with Crippen molar-refractivity contribution < 1.29 is 4.79 Å². The minimum atomic E-state index is -0.177. The van der Waals surface area contributed by atoms with E-state index >= 15 is 0 Å². The molecule has 0 fully saturated rings. The van der Waals surface area contributed by atoms with Crippen molar-refractivity contribution in [2.75, 3.05) is 5.32 Å². The van der Waals surface area contributed by atoms with Crippen LogP contribution in [0.15, 0.2) is 12.4 Å². The molecule has 1 amide bonds. The molecule has 0 bridgehead atoms. The zero-order valence-corrected chi connectivity index (χ0v) is 6.03. The van der Waals surface area contributed by atoms with Gasteiger partial charge < -0.3 is 5.32 Å². The van der Waals surface area contributed by atoms with Crippen LogP contribution < -0.4 is 10.9 Å². The molecule has 0 saturated carbocycles. The average molecular weight is 147 g/mol. The van der Waals surface area contributed by atoms with Gasteiger partial charge in [-0.15, -0.1) is 0 Å². The second-order valence-corrected chi connectivity index (χ2v) is 2.01. The minimum absolute atomic E-state index is 0.177. The Morgan fingerprint density at radius 3 is 2.73 bits per heavy atom. The van der Waals surface area contributed by atoms with E-state index in [2.05, 4.69) is 15.3 Å². The summed E-state index contributed by atoms with van der Waals surface area (Å²) in [6.07, 6.45) is 2.78. The standard InChI is InChI=1S/C6H6BN3O/c1-4(11)10-6-3-8-5(7)2-9-6/h2-3H,1H3,(H,9,10,11). The van der Waals surface area contributed by atoms with Crippen LogP contribution in [-0.4, -0.2) is 23.7 Å². The molecular formula is C6H6BN3O. The normalized spacial score (nSPS) is 9.18. The highest BCUT2D eigenvalue weighted by atomic mass is 16.1. The third kappa shape index (κ3) is 2.37. The van der Waals surface area contributed by atoms with Gasteiger partial charge in [-0.2, -0.15) is 0 Å². The quantitative estimate of drug-likeness (QED) is 0.530. The highest BCUT2D eigenvalue weighted by Gasteiger charge is 1.94. The molecule has 0 spiro atoms. The maximum absolute atomic E-state index is 10.5. The lowest BCUT2D eigenvalue weighted by Gasteiger charge is -1.98. The molecule has 4 nitrogen and oxygen atoms in total. The van der Waals surface area contributed by atoms with Gasteiger partial charge in [-0.3, -0.25) is 9.78 Å². The fourth-order valence-electron chi connectivity index (χ4n) is 0.583. The SMILES string of the molecule is [B]c1cnc(NC(C)=O)cn1. The monoisotopic (exact) mass is 147 g/mol. The van der Waals surface area contributed by atoms with Crippen LogP contribution in [0.1, 0.15) is 6.92 Å². The summed E-state index contributed by atoms with van der Waals surface area (Å²) in [7, 11) is 5.27. The predicted octanol–water partition coefficient (Wildman–Crippen LogP) is -0.771. The maximum Gasteiger partial charge on any atom is 0.222 e. The Hall–Kier alpha value is -1.39. The first-order valence-electron chi connectivity index (χ1n) is 3.03. The first kappa shape index (κ1) is 7.72. The van der Waals surface area contributed by atoms with Crippen molar-refractivity contribution in [2.45, 2.75) is 6.92 Å². The fraction of sp³-hybridized carbons (Fsp3) is 0.167. The van der Waals surface area contributed by atoms with Crippen LogP contribution in [0.2, 0.25) is 0 Å². The van der Waals surface area contributed by atoms with Gasteiger partial charge >= 0.3 is 0 Å². The number of carbonyl (C=O) groups is 1. The molecule has 54 valence electrons. The average Bonchev–Trinajstić information content (AvgIpc) is 1.93. The molecule has 1 rings (SSSR count). The smallest absolute Gasteiger partial charge is 0.222 e. The van der Waals surface area contributed by atoms with E-state index in [0.29, 0.717) is 11.4 Å². The molecule has 1 N–H and O–H groups in total. The molecule has 0 saturated heterocycles. The number of hydrogen-bond acceptors (Lipinski definition) is 3. The van der Waals surface area contributed by atoms with Crippen LogP contribution >= 0.6 is 0 Å². The first-order valence-corrected chi connectivity index (χ1v) is 3.03. The summed E-state index contributed by atoms with van der Waals surface area (Å²) in [5, 5.41) is 2.46. The third-order valence-electron chi connectivity index (χ3n) is 0.976. The Balaban J connectivity index is 2.74. The Kier molecular flexibility index (Phi) is 2.20. The number of carbonyl (C=O) groups excluding carboxylic acids is 1. The molecule has 5 heteroatoms. The van der Waals surface area contributed by atoms with Crippen LogP contribution in [0.25, 0.3) is 0 Å². The third-order valence-corrected chi connectivity index (χ3v) is 0.976. The van der Waals surface area contributed by atoms with Gasteiger partial charge in [0.25, 0.3) is 0 Å². The van der Waals surface area contributed by atoms with Gasteiger partial charge in [0, 0.05) is 18.7 Å². The number of amides is 1. The molecule has 0 unspecified atom stereocenters. The maximum atomic E-state index is 10.5. The van der Waals surface area contributed by atoms with Gasteiger partial charge in [0.15, 0.2) is 5.82 Å². The molecule has 11 heavy (non-hydrogen) atoms. The number of rotatable bonds is 1. The predicted molar refractivity (Wildman–Crippen MR) is 41.7 cm³/mol. The summed E-state index contributed by atoms with van der Waals surface area (Å²) < 4.78 is 0. The zero-order valence-electron chi connectivity index (χ0n) is 6.03. The van der Waals surface area contributed by atoms with Crippen molar-refractivity contribution >= 4 is 25.2 Å². The van der Waals surface area contributed by atoms with Gasteiger partial charge in [0.2, 0.25) is 5.91 Å². The summed E-state index contributed by atoms with van der Waals surface area (Å²) in [6.45, 7) is 1.40. The Bertz CT molecular complexity index is 259. The molecule has 1 aromatic heterocycles. The summed E-state index contributed by atoms with van der Waals surface area (Å²) in [4.78, 5) is 18.0. The number of anilines is 1. The molecule has 2 radical (unpaired) electrons. The van der Waals surface area contributed by atoms with Gasteiger partial charge in [0.05, 0.1) is 6.20 Å². The van der Waals surface area contributed by atoms with E-state index in [1.807, 2.05) is 0 Å². The van der Waals surface area contributed by atoms with E-state index < -0.39 is 0 Å². The van der Waals surface area contributed by atoms with Crippen molar-refractivity contribution in [1.29, 1.82) is 0 Å². The molecule has 0 atom stereocenters. The van der Waals surface area contributed by atoms with Crippen LogP contribution in [0.5, 0.6) is 0 Å². The molecule has 1 heterocycles. The second-order valence-electron chi connectivity index (χ2n) is 2.01. The van der Waals surface area contributed by atoms with E-state index in [1.54, 1.807) is 0 Å². The Morgan fingerprint density at radius 2 is 2.27 bits per heavy atom. The van der Waals surface area contributed by atoms with Crippen molar-refractivity contribution in [3.8, 4) is 0 Å². The number of nitrogens with zero attached hydrogens (tertiary/aromatic N) is 2. The van der Waals surface area contributed by atoms with Crippen LogP contribution in [0.3, 0.4) is 0 Å². The van der Waals surface area contributed by atoms with Crippen molar-refractivity contribution in [3.63, 3.8) is 0 Å². The second kappa shape index (κ2) is 3.14. The lowest BCUT2D eigenvalue weighted by atomic mass is 10.1. The Labute approximate surface area is 65.5 Å². The zero-order chi connectivity index (χ0) is 8.27. The highest BCUT2D eigenvalue weighted by molar-refractivity contribution is 6.30. The molecular weight excluding hydrogens is 141 g/mol. The van der Waals surface area contributed by atoms with Crippen LogP contribution in [-0.2, 0) is 4.79 Å². The molecule has 0 aromatic carbocycles. The van der Waals surface area contributed by atoms with E-state index in [9.17, 15) is 4.79 Å². The van der Waals surface area contributed by atoms with Crippen molar-refractivity contribution in [3.05, 3.63) is 12.4 Å². The van der Waals surface area contributed by atoms with Gasteiger partial charge in [0.1, 0.15) is 7.85 Å². The summed E-state index contributed by atoms with van der Waals surface area (Å²) >= 11 is 0. The van der Waals surface area contributed by atoms with Gasteiger partial charge in [-0.25, -0.2) is 4.98 Å². The number of hydrogen-bond donors (Lipinski definition) is 1. The Morgan fingerprint density at radius 1 is 1.55 bits per heavy atom. The number of nitrogens with one attached hydrogen (secondary N) is 1.